The van der Waals surface area contributed by atoms with Gasteiger partial charge in [0.1, 0.15) is 0 Å². The van der Waals surface area contributed by atoms with Crippen LogP contribution in [-0.2, 0) is 0 Å². The fraction of sp³-hybridized carbons (Fsp3) is 0. The van der Waals surface area contributed by atoms with Gasteiger partial charge in [0.15, 0.2) is 0 Å². The molecule has 0 aromatic heterocycles. The van der Waals surface area contributed by atoms with Crippen molar-refractivity contribution in [3.05, 3.63) is 0 Å². The van der Waals surface area contributed by atoms with Gasteiger partial charge in [-0.3, -0.25) is 0 Å². The van der Waals surface area contributed by atoms with Crippen LogP contribution in [0.15, 0.2) is 0 Å². The minimum atomic E-state index is -1.83. The quantitative estimate of drug-likeness (QED) is 0.382. The van der Waals surface area contributed by atoms with E-state index in [2.05, 4.69) is 0 Å². The summed E-state index contributed by atoms with van der Waals surface area (Å²) in [5.41, 5.74) is 0. The first-order valence-electron chi connectivity index (χ1n) is 0.651. The van der Waals surface area contributed by atoms with Crippen molar-refractivity contribution < 1.29 is 89.8 Å². The molecular weight excluding hydrogens is 211 g/mol. The third kappa shape index (κ3) is 473000. The van der Waals surface area contributed by atoms with Crippen LogP contribution >= 0.6 is 0 Å². The Hall–Kier alpha value is -0.0500. The SMILES string of the molecule is O.O.O.O.O.O.O.O.O=C(O)O.[H-].[Na+]. The molecule has 18 N–H and O–H groups in total. The van der Waals surface area contributed by atoms with E-state index < -0.39 is 6.16 Å². The zero-order chi connectivity index (χ0) is 3.58. The fourth-order valence-electron chi connectivity index (χ4n) is 0. The summed E-state index contributed by atoms with van der Waals surface area (Å²) in [6, 6.07) is 0. The van der Waals surface area contributed by atoms with E-state index in [-0.39, 0.29) is 74.8 Å². The van der Waals surface area contributed by atoms with E-state index in [0.29, 0.717) is 0 Å². The molecule has 0 fully saturated rings. The summed E-state index contributed by atoms with van der Waals surface area (Å²) in [6.07, 6.45) is -1.83. The van der Waals surface area contributed by atoms with Crippen molar-refractivity contribution in [2.45, 2.75) is 0 Å². The molecule has 0 aliphatic heterocycles. The van der Waals surface area contributed by atoms with Gasteiger partial charge in [0.2, 0.25) is 0 Å². The zero-order valence-electron chi connectivity index (χ0n) is 7.80. The summed E-state index contributed by atoms with van der Waals surface area (Å²) in [5.74, 6) is 0. The van der Waals surface area contributed by atoms with Crippen LogP contribution in [0.2, 0.25) is 0 Å². The van der Waals surface area contributed by atoms with Gasteiger partial charge in [-0.25, -0.2) is 4.79 Å². The molecule has 0 saturated heterocycles. The molecule has 0 spiro atoms. The van der Waals surface area contributed by atoms with E-state index in [1.54, 1.807) is 0 Å². The minimum Gasteiger partial charge on any atom is -1.00 e. The largest absolute Gasteiger partial charge is 1.00 e. The summed E-state index contributed by atoms with van der Waals surface area (Å²) in [5, 5.41) is 13.9. The Kier molecular flexibility index (Phi) is 2690. The van der Waals surface area contributed by atoms with Gasteiger partial charge in [0, 0.05) is 0 Å². The van der Waals surface area contributed by atoms with Crippen LogP contribution in [0.5, 0.6) is 0 Å². The molecule has 0 radical (unpaired) electrons. The molecule has 0 saturated carbocycles. The molecule has 0 aliphatic rings. The second-order valence-electron chi connectivity index (χ2n) is 0.283. The summed E-state index contributed by atoms with van der Waals surface area (Å²) in [4.78, 5) is 8.56. The predicted molar refractivity (Wildman–Crippen MR) is 40.7 cm³/mol. The van der Waals surface area contributed by atoms with Crippen molar-refractivity contribution in [1.82, 2.24) is 0 Å². The molecule has 0 bridgehead atoms. The first-order chi connectivity index (χ1) is 1.73. The first kappa shape index (κ1) is 213. The summed E-state index contributed by atoms with van der Waals surface area (Å²) in [6.45, 7) is 0. The van der Waals surface area contributed by atoms with Crippen molar-refractivity contribution in [3.63, 3.8) is 0 Å². The Labute approximate surface area is 96.2 Å². The van der Waals surface area contributed by atoms with Crippen LogP contribution < -0.4 is 29.6 Å². The van der Waals surface area contributed by atoms with Crippen LogP contribution in [0.1, 0.15) is 1.43 Å². The molecular formula is CH19NaO11. The molecule has 0 aromatic carbocycles. The van der Waals surface area contributed by atoms with Crippen molar-refractivity contribution in [2.75, 3.05) is 0 Å². The van der Waals surface area contributed by atoms with Gasteiger partial charge in [-0.05, 0) is 0 Å². The Bertz CT molecular complexity index is 38.3. The van der Waals surface area contributed by atoms with Crippen molar-refractivity contribution in [2.24, 2.45) is 0 Å². The number of hydrogen-bond donors (Lipinski definition) is 2. The Morgan fingerprint density at radius 1 is 0.692 bits per heavy atom. The van der Waals surface area contributed by atoms with E-state index in [1.807, 2.05) is 0 Å². The molecule has 0 unspecified atom stereocenters. The van der Waals surface area contributed by atoms with Gasteiger partial charge >= 0.3 is 35.7 Å². The van der Waals surface area contributed by atoms with E-state index in [9.17, 15) is 0 Å². The third-order valence-corrected chi connectivity index (χ3v) is 0. The van der Waals surface area contributed by atoms with Crippen LogP contribution in [0, 0.1) is 0 Å². The first-order valence-corrected chi connectivity index (χ1v) is 0.651. The van der Waals surface area contributed by atoms with Crippen LogP contribution in [0.4, 0.5) is 4.79 Å². The number of rotatable bonds is 0. The maximum Gasteiger partial charge on any atom is 1.00 e. The van der Waals surface area contributed by atoms with Crippen molar-refractivity contribution >= 4 is 6.16 Å². The van der Waals surface area contributed by atoms with Gasteiger partial charge in [0.25, 0.3) is 0 Å². The number of carbonyl (C=O) groups is 1. The second kappa shape index (κ2) is 165. The smallest absolute Gasteiger partial charge is 1.00 e. The molecule has 90 valence electrons. The fourth-order valence-corrected chi connectivity index (χ4v) is 0. The molecule has 0 atom stereocenters. The van der Waals surface area contributed by atoms with Gasteiger partial charge in [0.05, 0.1) is 0 Å². The van der Waals surface area contributed by atoms with Crippen LogP contribution in [0.25, 0.3) is 0 Å². The molecule has 0 aromatic rings. The molecule has 0 rings (SSSR count). The molecule has 12 heteroatoms. The molecule has 0 aliphatic carbocycles. The van der Waals surface area contributed by atoms with Gasteiger partial charge in [-0.15, -0.1) is 0 Å². The Morgan fingerprint density at radius 2 is 0.692 bits per heavy atom. The molecule has 0 amide bonds. The van der Waals surface area contributed by atoms with E-state index >= 15 is 0 Å². The molecule has 11 nitrogen and oxygen atoms in total. The van der Waals surface area contributed by atoms with Gasteiger partial charge < -0.3 is 55.4 Å². The maximum atomic E-state index is 8.56. The topological polar surface area (TPSA) is 310 Å². The third-order valence-electron chi connectivity index (χ3n) is 0. The molecule has 13 heavy (non-hydrogen) atoms. The van der Waals surface area contributed by atoms with Gasteiger partial charge in [-0.1, -0.05) is 0 Å². The Morgan fingerprint density at radius 3 is 0.692 bits per heavy atom. The summed E-state index contributed by atoms with van der Waals surface area (Å²) < 4.78 is 0. The maximum absolute atomic E-state index is 8.56. The van der Waals surface area contributed by atoms with Crippen LogP contribution in [0.3, 0.4) is 0 Å². The zero-order valence-corrected chi connectivity index (χ0v) is 8.80. The van der Waals surface area contributed by atoms with E-state index in [0.717, 1.165) is 0 Å². The molecule has 0 heterocycles. The minimum absolute atomic E-state index is 0. The predicted octanol–water partition coefficient (Wildman–Crippen LogP) is -9.26. The number of carboxylic acid groups (broad SMARTS) is 2. The van der Waals surface area contributed by atoms with Crippen molar-refractivity contribution in [1.29, 1.82) is 0 Å². The van der Waals surface area contributed by atoms with E-state index in [4.69, 9.17) is 15.0 Å². The number of hydrogen-bond acceptors (Lipinski definition) is 1. The van der Waals surface area contributed by atoms with E-state index in [1.165, 1.54) is 0 Å². The van der Waals surface area contributed by atoms with Gasteiger partial charge in [-0.2, -0.15) is 0 Å². The Balaban J connectivity index is -0.000000001000. The van der Waals surface area contributed by atoms with Crippen molar-refractivity contribution in [3.8, 4) is 0 Å². The summed E-state index contributed by atoms with van der Waals surface area (Å²) in [7, 11) is 0. The monoisotopic (exact) mass is 230 g/mol. The standard InChI is InChI=1S/CH2O3.Na.8H2O.H/c2-1(3)4;;;;;;;;;;/h(H2,2,3,4);;8*1H2;/q;+1;;;;;;;;;-1. The average Bonchev–Trinajstić information content (AvgIpc) is 0.811. The average molecular weight is 230 g/mol. The normalized spacial score (nSPS) is 1.85. The second-order valence-corrected chi connectivity index (χ2v) is 0.283. The summed E-state index contributed by atoms with van der Waals surface area (Å²) >= 11 is 0. The van der Waals surface area contributed by atoms with Crippen LogP contribution in [-0.4, -0.2) is 60.2 Å².